The summed E-state index contributed by atoms with van der Waals surface area (Å²) in [5.74, 6) is 1.41. The number of imidazole rings is 1. The second kappa shape index (κ2) is 8.90. The van der Waals surface area contributed by atoms with Crippen LogP contribution in [-0.2, 0) is 24.8 Å². The molecule has 1 fully saturated rings. The summed E-state index contributed by atoms with van der Waals surface area (Å²) < 4.78 is 9.17. The van der Waals surface area contributed by atoms with Gasteiger partial charge in [-0.05, 0) is 42.7 Å². The van der Waals surface area contributed by atoms with Gasteiger partial charge in [-0.25, -0.2) is 9.78 Å². The molecule has 1 saturated heterocycles. The SMILES string of the molecule is Cn1c(=O)n(CC(=O)N2CCC[C@@H](c3ncc(Cc4cccc(Cl)c4)o3)C2)c2ccccc21. The number of hydrogen-bond donors (Lipinski definition) is 0. The van der Waals surface area contributed by atoms with Crippen molar-refractivity contribution < 1.29 is 9.21 Å². The molecule has 8 heteroatoms. The van der Waals surface area contributed by atoms with Crippen molar-refractivity contribution in [3.8, 4) is 0 Å². The monoisotopic (exact) mass is 464 g/mol. The Bertz CT molecular complexity index is 1370. The number of likely N-dealkylation sites (tertiary alicyclic amines) is 1. The molecule has 2 aromatic heterocycles. The molecule has 0 bridgehead atoms. The van der Waals surface area contributed by atoms with Crippen LogP contribution in [0.2, 0.25) is 5.02 Å². The lowest BCUT2D eigenvalue weighted by molar-refractivity contribution is -0.133. The number of fused-ring (bicyclic) bond motifs is 1. The third-order valence-electron chi connectivity index (χ3n) is 6.31. The third kappa shape index (κ3) is 4.33. The number of halogens is 1. The van der Waals surface area contributed by atoms with Crippen LogP contribution in [0.3, 0.4) is 0 Å². The summed E-state index contributed by atoms with van der Waals surface area (Å²) in [6.07, 6.45) is 4.15. The highest BCUT2D eigenvalue weighted by atomic mass is 35.5. The average Bonchev–Trinajstić information content (AvgIpc) is 3.38. The molecule has 7 nitrogen and oxygen atoms in total. The molecule has 1 aliphatic rings. The predicted octanol–water partition coefficient (Wildman–Crippen LogP) is 3.98. The van der Waals surface area contributed by atoms with Gasteiger partial charge in [-0.2, -0.15) is 0 Å². The Balaban J connectivity index is 1.29. The van der Waals surface area contributed by atoms with Gasteiger partial charge < -0.3 is 9.32 Å². The number of rotatable bonds is 5. The van der Waals surface area contributed by atoms with Crippen LogP contribution in [0, 0.1) is 0 Å². The van der Waals surface area contributed by atoms with Crippen LogP contribution < -0.4 is 5.69 Å². The molecule has 0 radical (unpaired) electrons. The Morgan fingerprint density at radius 3 is 2.82 bits per heavy atom. The van der Waals surface area contributed by atoms with Crippen LogP contribution in [0.1, 0.15) is 36.0 Å². The van der Waals surface area contributed by atoms with Crippen LogP contribution in [-0.4, -0.2) is 38.0 Å². The fourth-order valence-electron chi connectivity index (χ4n) is 4.60. The molecule has 0 unspecified atom stereocenters. The van der Waals surface area contributed by atoms with Gasteiger partial charge in [0.2, 0.25) is 5.91 Å². The first-order valence-corrected chi connectivity index (χ1v) is 11.5. The number of carbonyl (C=O) groups is 1. The van der Waals surface area contributed by atoms with Crippen LogP contribution in [0.5, 0.6) is 0 Å². The number of carbonyl (C=O) groups excluding carboxylic acids is 1. The molecule has 3 heterocycles. The maximum Gasteiger partial charge on any atom is 0.329 e. The lowest BCUT2D eigenvalue weighted by atomic mass is 9.98. The van der Waals surface area contributed by atoms with E-state index in [0.29, 0.717) is 30.4 Å². The number of piperidine rings is 1. The molecule has 0 saturated carbocycles. The van der Waals surface area contributed by atoms with Gasteiger partial charge in [-0.15, -0.1) is 0 Å². The maximum absolute atomic E-state index is 13.1. The van der Waals surface area contributed by atoms with Crippen molar-refractivity contribution in [3.05, 3.63) is 87.4 Å². The topological polar surface area (TPSA) is 73.3 Å². The molecule has 5 rings (SSSR count). The van der Waals surface area contributed by atoms with Crippen LogP contribution in [0.15, 0.2) is 63.9 Å². The van der Waals surface area contributed by atoms with Crippen molar-refractivity contribution in [2.24, 2.45) is 7.05 Å². The van der Waals surface area contributed by atoms with E-state index in [1.807, 2.05) is 53.4 Å². The summed E-state index contributed by atoms with van der Waals surface area (Å²) in [6.45, 7) is 1.24. The highest BCUT2D eigenvalue weighted by molar-refractivity contribution is 6.30. The lowest BCUT2D eigenvalue weighted by Gasteiger charge is -2.31. The molecule has 33 heavy (non-hydrogen) atoms. The second-order valence-electron chi connectivity index (χ2n) is 8.57. The molecule has 170 valence electrons. The highest BCUT2D eigenvalue weighted by Crippen LogP contribution is 2.28. The Hall–Kier alpha value is -3.32. The van der Waals surface area contributed by atoms with E-state index in [0.717, 1.165) is 35.2 Å². The average molecular weight is 465 g/mol. The quantitative estimate of drug-likeness (QED) is 0.448. The van der Waals surface area contributed by atoms with Crippen molar-refractivity contribution in [1.82, 2.24) is 19.0 Å². The number of hydrogen-bond acceptors (Lipinski definition) is 4. The molecule has 0 aliphatic carbocycles. The van der Waals surface area contributed by atoms with E-state index >= 15 is 0 Å². The number of aromatic nitrogens is 3. The minimum Gasteiger partial charge on any atom is -0.445 e. The molecular weight excluding hydrogens is 440 g/mol. The fraction of sp³-hybridized carbons (Fsp3) is 0.320. The van der Waals surface area contributed by atoms with E-state index in [-0.39, 0.29) is 24.1 Å². The third-order valence-corrected chi connectivity index (χ3v) is 6.54. The van der Waals surface area contributed by atoms with E-state index < -0.39 is 0 Å². The van der Waals surface area contributed by atoms with Gasteiger partial charge in [0.1, 0.15) is 12.3 Å². The largest absolute Gasteiger partial charge is 0.445 e. The Morgan fingerprint density at radius 2 is 2.00 bits per heavy atom. The van der Waals surface area contributed by atoms with Crippen LogP contribution in [0.25, 0.3) is 11.0 Å². The summed E-state index contributed by atoms with van der Waals surface area (Å²) in [5.41, 5.74) is 2.46. The summed E-state index contributed by atoms with van der Waals surface area (Å²) in [6, 6.07) is 15.2. The molecule has 1 aliphatic heterocycles. The van der Waals surface area contributed by atoms with E-state index in [9.17, 15) is 9.59 Å². The van der Waals surface area contributed by atoms with Crippen molar-refractivity contribution >= 4 is 28.5 Å². The maximum atomic E-state index is 13.1. The van der Waals surface area contributed by atoms with E-state index in [1.165, 1.54) is 0 Å². The van der Waals surface area contributed by atoms with Gasteiger partial charge in [-0.3, -0.25) is 13.9 Å². The summed E-state index contributed by atoms with van der Waals surface area (Å²) in [5, 5.41) is 0.693. The minimum atomic E-state index is -0.184. The minimum absolute atomic E-state index is 0.0263. The predicted molar refractivity (Wildman–Crippen MR) is 126 cm³/mol. The fourth-order valence-corrected chi connectivity index (χ4v) is 4.81. The molecule has 2 aromatic carbocycles. The van der Waals surface area contributed by atoms with Crippen LogP contribution >= 0.6 is 11.6 Å². The Morgan fingerprint density at radius 1 is 1.18 bits per heavy atom. The Labute approximate surface area is 196 Å². The van der Waals surface area contributed by atoms with Gasteiger partial charge in [0.15, 0.2) is 5.89 Å². The zero-order valence-corrected chi connectivity index (χ0v) is 19.2. The number of nitrogens with zero attached hydrogens (tertiary/aromatic N) is 4. The summed E-state index contributed by atoms with van der Waals surface area (Å²) in [7, 11) is 1.73. The van der Waals surface area contributed by atoms with E-state index in [1.54, 1.807) is 22.4 Å². The number of para-hydroxylation sites is 2. The van der Waals surface area contributed by atoms with Gasteiger partial charge in [-0.1, -0.05) is 35.9 Å². The standard InChI is InChI=1S/C25H25ClN4O3/c1-28-21-9-2-3-10-22(21)30(25(28)32)16-23(31)29-11-5-7-18(15-29)24-27-14-20(33-24)13-17-6-4-8-19(26)12-17/h2-4,6,8-10,12,14,18H,5,7,11,13,15-16H2,1H3/t18-/m1/s1. The zero-order valence-electron chi connectivity index (χ0n) is 18.4. The highest BCUT2D eigenvalue weighted by Gasteiger charge is 2.28. The van der Waals surface area contributed by atoms with Crippen molar-refractivity contribution in [2.45, 2.75) is 31.7 Å². The lowest BCUT2D eigenvalue weighted by Crippen LogP contribution is -2.42. The van der Waals surface area contributed by atoms with Gasteiger partial charge in [0.25, 0.3) is 0 Å². The normalized spacial score (nSPS) is 16.4. The van der Waals surface area contributed by atoms with Crippen molar-refractivity contribution in [2.75, 3.05) is 13.1 Å². The molecule has 1 amide bonds. The second-order valence-corrected chi connectivity index (χ2v) is 9.00. The smallest absolute Gasteiger partial charge is 0.329 e. The van der Waals surface area contributed by atoms with Crippen molar-refractivity contribution in [3.63, 3.8) is 0 Å². The van der Waals surface area contributed by atoms with Gasteiger partial charge >= 0.3 is 5.69 Å². The summed E-state index contributed by atoms with van der Waals surface area (Å²) in [4.78, 5) is 32.1. The molecule has 1 atom stereocenters. The van der Waals surface area contributed by atoms with E-state index in [4.69, 9.17) is 16.0 Å². The Kier molecular flexibility index (Phi) is 5.81. The van der Waals surface area contributed by atoms with Gasteiger partial charge in [0, 0.05) is 31.6 Å². The first-order valence-electron chi connectivity index (χ1n) is 11.1. The van der Waals surface area contributed by atoms with E-state index in [2.05, 4.69) is 4.98 Å². The van der Waals surface area contributed by atoms with Crippen LogP contribution in [0.4, 0.5) is 0 Å². The molecule has 0 spiro atoms. The number of aryl methyl sites for hydroxylation is 1. The zero-order chi connectivity index (χ0) is 22.9. The first kappa shape index (κ1) is 21.5. The molecule has 0 N–H and O–H groups in total. The number of oxazole rings is 1. The van der Waals surface area contributed by atoms with Gasteiger partial charge in [0.05, 0.1) is 23.1 Å². The van der Waals surface area contributed by atoms with Crippen molar-refractivity contribution in [1.29, 1.82) is 0 Å². The summed E-state index contributed by atoms with van der Waals surface area (Å²) >= 11 is 6.08. The number of amides is 1. The molecule has 4 aromatic rings. The molecular formula is C25H25ClN4O3. The number of benzene rings is 2. The first-order chi connectivity index (χ1) is 16.0.